The third-order valence-corrected chi connectivity index (χ3v) is 2.67. The minimum atomic E-state index is -0.208. The zero-order valence-corrected chi connectivity index (χ0v) is 12.4. The molecule has 0 bridgehead atoms. The second-order valence-electron chi connectivity index (χ2n) is 5.46. The van der Waals surface area contributed by atoms with Crippen LogP contribution in [0.5, 0.6) is 0 Å². The van der Waals surface area contributed by atoms with Crippen molar-refractivity contribution in [2.24, 2.45) is 0 Å². The molecular weight excluding hydrogens is 226 g/mol. The van der Waals surface area contributed by atoms with E-state index in [2.05, 4.69) is 43.0 Å². The molecule has 102 valence electrons. The van der Waals surface area contributed by atoms with E-state index >= 15 is 0 Å². The lowest BCUT2D eigenvalue weighted by Gasteiger charge is -2.25. The molecule has 0 aromatic carbocycles. The Morgan fingerprint density at radius 1 is 1.33 bits per heavy atom. The van der Waals surface area contributed by atoms with E-state index in [0.29, 0.717) is 25.0 Å². The first kappa shape index (κ1) is 14.9. The Morgan fingerprint density at radius 2 is 2.00 bits per heavy atom. The monoisotopic (exact) mass is 251 g/mol. The lowest BCUT2D eigenvalue weighted by molar-refractivity contribution is 0.000576. The van der Waals surface area contributed by atoms with Crippen LogP contribution < -0.4 is 5.32 Å². The first-order valence-corrected chi connectivity index (χ1v) is 6.57. The zero-order valence-electron chi connectivity index (χ0n) is 12.4. The first-order valence-electron chi connectivity index (χ1n) is 6.57. The van der Waals surface area contributed by atoms with Crippen LogP contribution >= 0.6 is 0 Å². The number of nitrogens with one attached hydrogen (secondary N) is 1. The van der Waals surface area contributed by atoms with Crippen LogP contribution in [0.15, 0.2) is 6.07 Å². The highest BCUT2D eigenvalue weighted by Gasteiger charge is 2.18. The van der Waals surface area contributed by atoms with Crippen LogP contribution in [-0.4, -0.2) is 28.7 Å². The third kappa shape index (κ3) is 4.61. The maximum absolute atomic E-state index is 5.64. The van der Waals surface area contributed by atoms with E-state index in [1.807, 2.05) is 19.9 Å². The van der Waals surface area contributed by atoms with E-state index in [-0.39, 0.29) is 5.60 Å². The predicted octanol–water partition coefficient (Wildman–Crippen LogP) is 3.14. The van der Waals surface area contributed by atoms with E-state index in [4.69, 9.17) is 4.74 Å². The molecule has 0 aliphatic rings. The van der Waals surface area contributed by atoms with Gasteiger partial charge in [0.05, 0.1) is 5.60 Å². The van der Waals surface area contributed by atoms with Gasteiger partial charge in [-0.1, -0.05) is 13.8 Å². The maximum Gasteiger partial charge on any atom is 0.223 e. The van der Waals surface area contributed by atoms with Crippen molar-refractivity contribution in [1.29, 1.82) is 0 Å². The van der Waals surface area contributed by atoms with Crippen LogP contribution in [0.2, 0.25) is 0 Å². The summed E-state index contributed by atoms with van der Waals surface area (Å²) < 4.78 is 5.64. The Balaban J connectivity index is 2.73. The van der Waals surface area contributed by atoms with Gasteiger partial charge in [0.15, 0.2) is 0 Å². The van der Waals surface area contributed by atoms with Crippen molar-refractivity contribution in [3.8, 4) is 0 Å². The molecule has 0 saturated heterocycles. The lowest BCUT2D eigenvalue weighted by Crippen LogP contribution is -2.34. The fourth-order valence-electron chi connectivity index (χ4n) is 1.70. The highest BCUT2D eigenvalue weighted by molar-refractivity contribution is 5.29. The molecule has 4 nitrogen and oxygen atoms in total. The number of rotatable bonds is 6. The molecular formula is C14H25N3O. The molecule has 18 heavy (non-hydrogen) atoms. The summed E-state index contributed by atoms with van der Waals surface area (Å²) in [4.78, 5) is 8.92. The number of aromatic nitrogens is 2. The second-order valence-corrected chi connectivity index (χ2v) is 5.46. The molecule has 0 radical (unpaired) electrons. The number of nitrogens with zero attached hydrogens (tertiary/aromatic N) is 2. The van der Waals surface area contributed by atoms with Crippen LogP contribution in [0.25, 0.3) is 0 Å². The molecule has 4 heteroatoms. The lowest BCUT2D eigenvalue weighted by atomic mass is 10.1. The van der Waals surface area contributed by atoms with Gasteiger partial charge < -0.3 is 10.1 Å². The Hall–Kier alpha value is -1.16. The molecule has 1 rings (SSSR count). The summed E-state index contributed by atoms with van der Waals surface area (Å²) in [6, 6.07) is 2.03. The SMILES string of the molecule is CCOC(C)(C)CNc1nc(C)cc(C(C)C)n1. The third-order valence-electron chi connectivity index (χ3n) is 2.67. The number of aryl methyl sites for hydroxylation is 1. The fraction of sp³-hybridized carbons (Fsp3) is 0.714. The Labute approximate surface area is 110 Å². The van der Waals surface area contributed by atoms with Gasteiger partial charge in [-0.3, -0.25) is 0 Å². The Morgan fingerprint density at radius 3 is 2.56 bits per heavy atom. The summed E-state index contributed by atoms with van der Waals surface area (Å²) >= 11 is 0. The predicted molar refractivity (Wildman–Crippen MR) is 75.1 cm³/mol. The highest BCUT2D eigenvalue weighted by atomic mass is 16.5. The van der Waals surface area contributed by atoms with Gasteiger partial charge in [0.2, 0.25) is 5.95 Å². The second kappa shape index (κ2) is 6.14. The van der Waals surface area contributed by atoms with E-state index in [9.17, 15) is 0 Å². The maximum atomic E-state index is 5.64. The smallest absolute Gasteiger partial charge is 0.223 e. The van der Waals surface area contributed by atoms with Gasteiger partial charge in [-0.15, -0.1) is 0 Å². The molecule has 1 aromatic rings. The highest BCUT2D eigenvalue weighted by Crippen LogP contribution is 2.15. The van der Waals surface area contributed by atoms with Crippen molar-refractivity contribution in [3.63, 3.8) is 0 Å². The average Bonchev–Trinajstić information content (AvgIpc) is 2.26. The van der Waals surface area contributed by atoms with E-state index < -0.39 is 0 Å². The normalized spacial score (nSPS) is 11.9. The van der Waals surface area contributed by atoms with Crippen molar-refractivity contribution in [2.75, 3.05) is 18.5 Å². The van der Waals surface area contributed by atoms with E-state index in [0.717, 1.165) is 11.4 Å². The van der Waals surface area contributed by atoms with Crippen molar-refractivity contribution < 1.29 is 4.74 Å². The number of hydrogen-bond donors (Lipinski definition) is 1. The van der Waals surface area contributed by atoms with Gasteiger partial charge in [-0.05, 0) is 39.7 Å². The topological polar surface area (TPSA) is 47.0 Å². The molecule has 0 spiro atoms. The summed E-state index contributed by atoms with van der Waals surface area (Å²) in [7, 11) is 0. The van der Waals surface area contributed by atoms with Crippen LogP contribution in [0, 0.1) is 6.92 Å². The Kier molecular flexibility index (Phi) is 5.08. The van der Waals surface area contributed by atoms with Crippen molar-refractivity contribution >= 4 is 5.95 Å². The number of hydrogen-bond acceptors (Lipinski definition) is 4. The minimum Gasteiger partial charge on any atom is -0.374 e. The molecule has 1 heterocycles. The summed E-state index contributed by atoms with van der Waals surface area (Å²) in [5, 5.41) is 3.26. The average molecular weight is 251 g/mol. The molecule has 0 aliphatic carbocycles. The molecule has 0 amide bonds. The van der Waals surface area contributed by atoms with E-state index in [1.54, 1.807) is 0 Å². The molecule has 0 atom stereocenters. The zero-order chi connectivity index (χ0) is 13.8. The van der Waals surface area contributed by atoms with Crippen LogP contribution in [0.1, 0.15) is 51.9 Å². The van der Waals surface area contributed by atoms with Gasteiger partial charge in [-0.25, -0.2) is 9.97 Å². The van der Waals surface area contributed by atoms with Gasteiger partial charge in [0, 0.05) is 24.5 Å². The molecule has 1 N–H and O–H groups in total. The standard InChI is InChI=1S/C14H25N3O/c1-7-18-14(5,6)9-15-13-16-11(4)8-12(17-13)10(2)3/h8,10H,7,9H2,1-6H3,(H,15,16,17). The van der Waals surface area contributed by atoms with Crippen LogP contribution in [-0.2, 0) is 4.74 Å². The summed E-state index contributed by atoms with van der Waals surface area (Å²) in [6.07, 6.45) is 0. The van der Waals surface area contributed by atoms with Crippen LogP contribution in [0.4, 0.5) is 5.95 Å². The van der Waals surface area contributed by atoms with E-state index in [1.165, 1.54) is 0 Å². The summed E-state index contributed by atoms with van der Waals surface area (Å²) in [5.74, 6) is 1.10. The van der Waals surface area contributed by atoms with Gasteiger partial charge in [-0.2, -0.15) is 0 Å². The molecule has 1 aromatic heterocycles. The van der Waals surface area contributed by atoms with Crippen molar-refractivity contribution in [3.05, 3.63) is 17.5 Å². The molecule has 0 aliphatic heterocycles. The van der Waals surface area contributed by atoms with Gasteiger partial charge in [0.1, 0.15) is 0 Å². The number of ether oxygens (including phenoxy) is 1. The van der Waals surface area contributed by atoms with Crippen molar-refractivity contribution in [2.45, 2.75) is 53.1 Å². The number of anilines is 1. The summed E-state index contributed by atoms with van der Waals surface area (Å²) in [5.41, 5.74) is 1.85. The fourth-order valence-corrected chi connectivity index (χ4v) is 1.70. The van der Waals surface area contributed by atoms with Gasteiger partial charge in [0.25, 0.3) is 0 Å². The first-order chi connectivity index (χ1) is 8.34. The minimum absolute atomic E-state index is 0.208. The largest absolute Gasteiger partial charge is 0.374 e. The summed E-state index contributed by atoms with van der Waals surface area (Å²) in [6.45, 7) is 13.8. The molecule has 0 unspecified atom stereocenters. The van der Waals surface area contributed by atoms with Crippen LogP contribution in [0.3, 0.4) is 0 Å². The quantitative estimate of drug-likeness (QED) is 0.843. The van der Waals surface area contributed by atoms with Crippen molar-refractivity contribution in [1.82, 2.24) is 9.97 Å². The Bertz CT molecular complexity index is 389. The molecule has 0 saturated carbocycles. The van der Waals surface area contributed by atoms with Gasteiger partial charge >= 0.3 is 0 Å². The molecule has 0 fully saturated rings.